The summed E-state index contributed by atoms with van der Waals surface area (Å²) >= 11 is 0. The van der Waals surface area contributed by atoms with Gasteiger partial charge in [0.2, 0.25) is 0 Å². The zero-order chi connectivity index (χ0) is 12.4. The molecule has 0 saturated carbocycles. The molecule has 4 heteroatoms. The van der Waals surface area contributed by atoms with Crippen LogP contribution in [-0.2, 0) is 19.4 Å². The molecular formula is C14H24N4. The van der Waals surface area contributed by atoms with Crippen LogP contribution in [-0.4, -0.2) is 38.8 Å². The molecule has 100 valence electrons. The smallest absolute Gasteiger partial charge is 0.134 e. The SMILES string of the molecule is CCN1CCCCC1Cc1nnc2n1CCCC2. The number of aryl methyl sites for hydroxylation is 1. The van der Waals surface area contributed by atoms with Gasteiger partial charge in [-0.25, -0.2) is 0 Å². The van der Waals surface area contributed by atoms with E-state index in [-0.39, 0.29) is 0 Å². The molecule has 0 spiro atoms. The van der Waals surface area contributed by atoms with Gasteiger partial charge in [-0.05, 0) is 38.8 Å². The van der Waals surface area contributed by atoms with E-state index in [0.29, 0.717) is 6.04 Å². The van der Waals surface area contributed by atoms with Gasteiger partial charge in [-0.15, -0.1) is 10.2 Å². The van der Waals surface area contributed by atoms with E-state index >= 15 is 0 Å². The van der Waals surface area contributed by atoms with Crippen LogP contribution in [0.2, 0.25) is 0 Å². The van der Waals surface area contributed by atoms with Crippen molar-refractivity contribution >= 4 is 0 Å². The Balaban J connectivity index is 1.73. The Morgan fingerprint density at radius 3 is 2.89 bits per heavy atom. The predicted octanol–water partition coefficient (Wildman–Crippen LogP) is 2.03. The summed E-state index contributed by atoms with van der Waals surface area (Å²) in [6.45, 7) is 5.85. The van der Waals surface area contributed by atoms with Crippen molar-refractivity contribution in [3.63, 3.8) is 0 Å². The molecule has 0 aromatic carbocycles. The molecular weight excluding hydrogens is 224 g/mol. The Labute approximate surface area is 109 Å². The molecule has 0 radical (unpaired) electrons. The second-order valence-electron chi connectivity index (χ2n) is 5.62. The molecule has 0 aliphatic carbocycles. The standard InChI is InChI=1S/C14H24N4/c1-2-17-9-5-3-7-12(17)11-14-16-15-13-8-4-6-10-18(13)14/h12H,2-11H2,1H3. The fraction of sp³-hybridized carbons (Fsp3) is 0.857. The van der Waals surface area contributed by atoms with Crippen molar-refractivity contribution in [1.29, 1.82) is 0 Å². The van der Waals surface area contributed by atoms with Crippen LogP contribution in [0.25, 0.3) is 0 Å². The van der Waals surface area contributed by atoms with Crippen molar-refractivity contribution in [3.05, 3.63) is 11.6 Å². The van der Waals surface area contributed by atoms with Crippen LogP contribution in [0.3, 0.4) is 0 Å². The van der Waals surface area contributed by atoms with Gasteiger partial charge in [-0.3, -0.25) is 0 Å². The summed E-state index contributed by atoms with van der Waals surface area (Å²) in [5, 5.41) is 8.81. The first-order valence-corrected chi connectivity index (χ1v) is 7.53. The highest BCUT2D eigenvalue weighted by atomic mass is 15.3. The van der Waals surface area contributed by atoms with Gasteiger partial charge < -0.3 is 9.47 Å². The minimum absolute atomic E-state index is 0.693. The maximum Gasteiger partial charge on any atom is 0.134 e. The molecule has 1 atom stereocenters. The van der Waals surface area contributed by atoms with Gasteiger partial charge in [-0.1, -0.05) is 13.3 Å². The lowest BCUT2D eigenvalue weighted by molar-refractivity contribution is 0.152. The first-order chi connectivity index (χ1) is 8.88. The Morgan fingerprint density at radius 2 is 2.00 bits per heavy atom. The molecule has 1 aromatic heterocycles. The Kier molecular flexibility index (Phi) is 3.64. The Hall–Kier alpha value is -0.900. The summed E-state index contributed by atoms with van der Waals surface area (Å²) in [6.07, 6.45) is 8.86. The minimum Gasteiger partial charge on any atom is -0.315 e. The summed E-state index contributed by atoms with van der Waals surface area (Å²) in [4.78, 5) is 2.62. The van der Waals surface area contributed by atoms with Crippen molar-refractivity contribution < 1.29 is 0 Å². The summed E-state index contributed by atoms with van der Waals surface area (Å²) in [7, 11) is 0. The summed E-state index contributed by atoms with van der Waals surface area (Å²) in [5.41, 5.74) is 0. The Morgan fingerprint density at radius 1 is 1.11 bits per heavy atom. The summed E-state index contributed by atoms with van der Waals surface area (Å²) in [5.74, 6) is 2.45. The van der Waals surface area contributed by atoms with Crippen LogP contribution in [0.1, 0.15) is 50.7 Å². The van der Waals surface area contributed by atoms with E-state index in [1.54, 1.807) is 0 Å². The number of rotatable bonds is 3. The number of likely N-dealkylation sites (N-methyl/N-ethyl adjacent to an activating group) is 1. The van der Waals surface area contributed by atoms with Gasteiger partial charge in [0, 0.05) is 25.4 Å². The normalized spacial score (nSPS) is 25.1. The largest absolute Gasteiger partial charge is 0.315 e. The van der Waals surface area contributed by atoms with Gasteiger partial charge in [0.25, 0.3) is 0 Å². The molecule has 3 heterocycles. The highest BCUT2D eigenvalue weighted by molar-refractivity contribution is 5.01. The summed E-state index contributed by atoms with van der Waals surface area (Å²) < 4.78 is 2.38. The second kappa shape index (κ2) is 5.39. The Bertz CT molecular complexity index is 398. The van der Waals surface area contributed by atoms with Gasteiger partial charge in [-0.2, -0.15) is 0 Å². The lowest BCUT2D eigenvalue weighted by atomic mass is 9.99. The van der Waals surface area contributed by atoms with E-state index in [9.17, 15) is 0 Å². The lowest BCUT2D eigenvalue weighted by Crippen LogP contribution is -2.41. The molecule has 2 aliphatic heterocycles. The van der Waals surface area contributed by atoms with E-state index in [1.165, 1.54) is 56.8 Å². The van der Waals surface area contributed by atoms with E-state index in [0.717, 1.165) is 19.4 Å². The zero-order valence-corrected chi connectivity index (χ0v) is 11.4. The number of aromatic nitrogens is 3. The number of nitrogens with zero attached hydrogens (tertiary/aromatic N) is 4. The van der Waals surface area contributed by atoms with Crippen molar-refractivity contribution in [2.24, 2.45) is 0 Å². The van der Waals surface area contributed by atoms with Crippen molar-refractivity contribution in [3.8, 4) is 0 Å². The van der Waals surface area contributed by atoms with Crippen molar-refractivity contribution in [1.82, 2.24) is 19.7 Å². The third-order valence-electron chi connectivity index (χ3n) is 4.51. The average Bonchev–Trinajstić information content (AvgIpc) is 2.83. The number of likely N-dealkylation sites (tertiary alicyclic amines) is 1. The van der Waals surface area contributed by atoms with Gasteiger partial charge in [0.05, 0.1) is 0 Å². The number of hydrogen-bond donors (Lipinski definition) is 0. The first kappa shape index (κ1) is 12.2. The molecule has 1 unspecified atom stereocenters. The van der Waals surface area contributed by atoms with Crippen molar-refractivity contribution in [2.75, 3.05) is 13.1 Å². The molecule has 3 rings (SSSR count). The maximum absolute atomic E-state index is 4.45. The lowest BCUT2D eigenvalue weighted by Gasteiger charge is -2.34. The summed E-state index contributed by atoms with van der Waals surface area (Å²) in [6, 6.07) is 0.693. The molecule has 1 aromatic rings. The van der Waals surface area contributed by atoms with E-state index < -0.39 is 0 Å². The van der Waals surface area contributed by atoms with Gasteiger partial charge in [0.1, 0.15) is 11.6 Å². The number of fused-ring (bicyclic) bond motifs is 1. The van der Waals surface area contributed by atoms with E-state index in [4.69, 9.17) is 0 Å². The topological polar surface area (TPSA) is 34.0 Å². The van der Waals surface area contributed by atoms with Crippen molar-refractivity contribution in [2.45, 2.75) is 64.5 Å². The fourth-order valence-electron chi connectivity index (χ4n) is 3.44. The third kappa shape index (κ3) is 2.30. The molecule has 1 saturated heterocycles. The molecule has 2 aliphatic rings. The molecule has 4 nitrogen and oxygen atoms in total. The van der Waals surface area contributed by atoms with Crippen LogP contribution >= 0.6 is 0 Å². The van der Waals surface area contributed by atoms with Crippen LogP contribution < -0.4 is 0 Å². The number of hydrogen-bond acceptors (Lipinski definition) is 3. The van der Waals surface area contributed by atoms with Crippen LogP contribution in [0.15, 0.2) is 0 Å². The number of piperidine rings is 1. The fourth-order valence-corrected chi connectivity index (χ4v) is 3.44. The van der Waals surface area contributed by atoms with Gasteiger partial charge >= 0.3 is 0 Å². The van der Waals surface area contributed by atoms with Crippen LogP contribution in [0.5, 0.6) is 0 Å². The molecule has 18 heavy (non-hydrogen) atoms. The van der Waals surface area contributed by atoms with Crippen LogP contribution in [0.4, 0.5) is 0 Å². The zero-order valence-electron chi connectivity index (χ0n) is 11.4. The highest BCUT2D eigenvalue weighted by Crippen LogP contribution is 2.21. The van der Waals surface area contributed by atoms with Crippen LogP contribution in [0, 0.1) is 0 Å². The molecule has 0 N–H and O–H groups in total. The maximum atomic E-state index is 4.45. The van der Waals surface area contributed by atoms with Gasteiger partial charge in [0.15, 0.2) is 0 Å². The average molecular weight is 248 g/mol. The molecule has 0 amide bonds. The minimum atomic E-state index is 0.693. The predicted molar refractivity (Wildman–Crippen MR) is 71.6 cm³/mol. The van der Waals surface area contributed by atoms with E-state index in [2.05, 4.69) is 26.6 Å². The highest BCUT2D eigenvalue weighted by Gasteiger charge is 2.24. The first-order valence-electron chi connectivity index (χ1n) is 7.53. The quantitative estimate of drug-likeness (QED) is 0.821. The van der Waals surface area contributed by atoms with E-state index in [1.807, 2.05) is 0 Å². The second-order valence-corrected chi connectivity index (χ2v) is 5.62. The molecule has 1 fully saturated rings. The molecule has 0 bridgehead atoms. The monoisotopic (exact) mass is 248 g/mol. The third-order valence-corrected chi connectivity index (χ3v) is 4.51.